The van der Waals surface area contributed by atoms with Gasteiger partial charge in [0.25, 0.3) is 0 Å². The number of hydrogen-bond acceptors (Lipinski definition) is 3. The molecular weight excluding hydrogens is 373 g/mol. The molecule has 0 aliphatic carbocycles. The summed E-state index contributed by atoms with van der Waals surface area (Å²) in [6.07, 6.45) is 3.75. The Balaban J connectivity index is 1.55. The van der Waals surface area contributed by atoms with Crippen LogP contribution in [0.25, 0.3) is 0 Å². The zero-order valence-corrected chi connectivity index (χ0v) is 16.1. The van der Waals surface area contributed by atoms with Gasteiger partial charge in [0.05, 0.1) is 34.2 Å². The zero-order valence-electron chi connectivity index (χ0n) is 14.5. The number of hydrogen-bond donors (Lipinski definition) is 1. The van der Waals surface area contributed by atoms with E-state index in [4.69, 9.17) is 23.2 Å². The summed E-state index contributed by atoms with van der Waals surface area (Å²) in [5.74, 6) is -0.0772. The van der Waals surface area contributed by atoms with E-state index < -0.39 is 0 Å². The molecule has 2 heterocycles. The van der Waals surface area contributed by atoms with E-state index in [1.807, 2.05) is 30.7 Å². The number of nitrogens with zero attached hydrogens (tertiary/aromatic N) is 4. The Morgan fingerprint density at radius 3 is 2.69 bits per heavy atom. The number of carbonyl (C=O) groups excluding carboxylic acids is 1. The molecule has 0 aliphatic rings. The van der Waals surface area contributed by atoms with Crippen molar-refractivity contribution in [3.8, 4) is 0 Å². The Morgan fingerprint density at radius 1 is 1.19 bits per heavy atom. The third kappa shape index (κ3) is 4.65. The van der Waals surface area contributed by atoms with Crippen LogP contribution in [-0.2, 0) is 17.9 Å². The predicted molar refractivity (Wildman–Crippen MR) is 103 cm³/mol. The van der Waals surface area contributed by atoms with Gasteiger partial charge in [-0.1, -0.05) is 29.3 Å². The molecular formula is C18H19Cl2N5O. The highest BCUT2D eigenvalue weighted by Crippen LogP contribution is 2.23. The van der Waals surface area contributed by atoms with E-state index in [0.29, 0.717) is 35.2 Å². The molecule has 0 spiro atoms. The van der Waals surface area contributed by atoms with E-state index in [1.54, 1.807) is 29.2 Å². The van der Waals surface area contributed by atoms with Gasteiger partial charge in [0, 0.05) is 24.9 Å². The average Bonchev–Trinajstić information content (AvgIpc) is 3.14. The van der Waals surface area contributed by atoms with Crippen LogP contribution in [0.3, 0.4) is 0 Å². The van der Waals surface area contributed by atoms with Crippen molar-refractivity contribution in [3.63, 3.8) is 0 Å². The molecule has 26 heavy (non-hydrogen) atoms. The van der Waals surface area contributed by atoms with Crippen molar-refractivity contribution in [2.75, 3.05) is 5.32 Å². The number of benzene rings is 1. The first-order valence-corrected chi connectivity index (χ1v) is 8.93. The molecule has 6 nitrogen and oxygen atoms in total. The Labute approximate surface area is 161 Å². The van der Waals surface area contributed by atoms with Crippen LogP contribution in [0.5, 0.6) is 0 Å². The van der Waals surface area contributed by atoms with Crippen LogP contribution in [0.4, 0.5) is 5.69 Å². The van der Waals surface area contributed by atoms with E-state index in [2.05, 4.69) is 15.5 Å². The van der Waals surface area contributed by atoms with Crippen LogP contribution in [0.1, 0.15) is 23.4 Å². The van der Waals surface area contributed by atoms with E-state index >= 15 is 0 Å². The van der Waals surface area contributed by atoms with Crippen molar-refractivity contribution in [1.29, 1.82) is 0 Å². The molecule has 136 valence electrons. The van der Waals surface area contributed by atoms with Crippen molar-refractivity contribution >= 4 is 34.8 Å². The number of aromatic nitrogens is 4. The lowest BCUT2D eigenvalue weighted by molar-refractivity contribution is -0.116. The van der Waals surface area contributed by atoms with Gasteiger partial charge < -0.3 is 5.32 Å². The van der Waals surface area contributed by atoms with Gasteiger partial charge in [-0.3, -0.25) is 14.2 Å². The monoisotopic (exact) mass is 391 g/mol. The minimum absolute atomic E-state index is 0.0772. The number of anilines is 1. The van der Waals surface area contributed by atoms with Gasteiger partial charge in [0.2, 0.25) is 5.91 Å². The van der Waals surface area contributed by atoms with Crippen molar-refractivity contribution in [3.05, 3.63) is 63.7 Å². The Hall–Kier alpha value is -2.31. The summed E-state index contributed by atoms with van der Waals surface area (Å²) in [6.45, 7) is 5.00. The predicted octanol–water partition coefficient (Wildman–Crippen LogP) is 4.08. The molecule has 0 bridgehead atoms. The topological polar surface area (TPSA) is 64.7 Å². The van der Waals surface area contributed by atoms with Crippen LogP contribution >= 0.6 is 23.2 Å². The van der Waals surface area contributed by atoms with Crippen LogP contribution in [-0.4, -0.2) is 25.5 Å². The normalized spacial score (nSPS) is 10.9. The third-order valence-corrected chi connectivity index (χ3v) is 4.64. The third-order valence-electron chi connectivity index (χ3n) is 3.90. The maximum atomic E-state index is 12.1. The lowest BCUT2D eigenvalue weighted by atomic mass is 10.2. The molecule has 0 saturated carbocycles. The zero-order chi connectivity index (χ0) is 18.7. The summed E-state index contributed by atoms with van der Waals surface area (Å²) >= 11 is 11.9. The second-order valence-corrected chi connectivity index (χ2v) is 6.94. The van der Waals surface area contributed by atoms with Crippen molar-refractivity contribution in [2.24, 2.45) is 0 Å². The number of rotatable bonds is 6. The second-order valence-electron chi connectivity index (χ2n) is 6.12. The van der Waals surface area contributed by atoms with Crippen molar-refractivity contribution < 1.29 is 4.79 Å². The van der Waals surface area contributed by atoms with Crippen molar-refractivity contribution in [2.45, 2.75) is 33.4 Å². The fraction of sp³-hybridized carbons (Fsp3) is 0.278. The summed E-state index contributed by atoms with van der Waals surface area (Å²) in [5, 5.41) is 12.5. The van der Waals surface area contributed by atoms with Gasteiger partial charge in [0.15, 0.2) is 0 Å². The Morgan fingerprint density at radius 2 is 2.00 bits per heavy atom. The molecule has 0 saturated heterocycles. The fourth-order valence-corrected chi connectivity index (χ4v) is 2.99. The highest BCUT2D eigenvalue weighted by molar-refractivity contribution is 6.42. The Bertz CT molecular complexity index is 932. The molecule has 0 atom stereocenters. The summed E-state index contributed by atoms with van der Waals surface area (Å²) in [7, 11) is 0. The molecule has 8 heteroatoms. The lowest BCUT2D eigenvalue weighted by Crippen LogP contribution is -2.15. The van der Waals surface area contributed by atoms with Gasteiger partial charge in [-0.05, 0) is 37.6 Å². The molecule has 1 N–H and O–H groups in total. The van der Waals surface area contributed by atoms with Gasteiger partial charge in [0.1, 0.15) is 0 Å². The Kier molecular flexibility index (Phi) is 5.64. The number of halogens is 2. The molecule has 0 fully saturated rings. The van der Waals surface area contributed by atoms with Gasteiger partial charge in [-0.25, -0.2) is 0 Å². The fourth-order valence-electron chi connectivity index (χ4n) is 2.67. The summed E-state index contributed by atoms with van der Waals surface area (Å²) in [5.41, 5.74) is 3.63. The largest absolute Gasteiger partial charge is 0.323 e. The number of aryl methyl sites for hydroxylation is 3. The molecule has 2 aromatic heterocycles. The standard InChI is InChI=1S/C18H19Cl2N5O/c1-12-7-13(2)25(23-12)6-5-18(26)22-15-9-21-24(11-15)10-14-3-4-16(19)17(20)8-14/h3-4,7-9,11H,5-6,10H2,1-2H3,(H,22,26). The number of amides is 1. The molecule has 3 rings (SSSR count). The molecule has 1 amide bonds. The molecule has 3 aromatic rings. The summed E-state index contributed by atoms with van der Waals surface area (Å²) in [4.78, 5) is 12.1. The maximum absolute atomic E-state index is 12.1. The number of carbonyl (C=O) groups is 1. The minimum Gasteiger partial charge on any atom is -0.323 e. The molecule has 0 radical (unpaired) electrons. The smallest absolute Gasteiger partial charge is 0.226 e. The van der Waals surface area contributed by atoms with Crippen LogP contribution in [0, 0.1) is 13.8 Å². The first kappa shape index (κ1) is 18.5. The van der Waals surface area contributed by atoms with E-state index in [9.17, 15) is 4.79 Å². The van der Waals surface area contributed by atoms with Crippen LogP contribution in [0.2, 0.25) is 10.0 Å². The van der Waals surface area contributed by atoms with Crippen LogP contribution in [0.15, 0.2) is 36.7 Å². The van der Waals surface area contributed by atoms with Crippen LogP contribution < -0.4 is 5.32 Å². The first-order valence-electron chi connectivity index (χ1n) is 8.18. The molecule has 1 aromatic carbocycles. The highest BCUT2D eigenvalue weighted by Gasteiger charge is 2.08. The quantitative estimate of drug-likeness (QED) is 0.688. The summed E-state index contributed by atoms with van der Waals surface area (Å²) < 4.78 is 3.57. The van der Waals surface area contributed by atoms with E-state index in [1.165, 1.54) is 0 Å². The molecule has 0 unspecified atom stereocenters. The first-order chi connectivity index (χ1) is 12.4. The van der Waals surface area contributed by atoms with E-state index in [0.717, 1.165) is 17.0 Å². The summed E-state index contributed by atoms with van der Waals surface area (Å²) in [6, 6.07) is 7.44. The van der Waals surface area contributed by atoms with E-state index in [-0.39, 0.29) is 5.91 Å². The van der Waals surface area contributed by atoms with Gasteiger partial charge in [-0.2, -0.15) is 10.2 Å². The molecule has 0 aliphatic heterocycles. The van der Waals surface area contributed by atoms with Gasteiger partial charge in [-0.15, -0.1) is 0 Å². The average molecular weight is 392 g/mol. The van der Waals surface area contributed by atoms with Gasteiger partial charge >= 0.3 is 0 Å². The highest BCUT2D eigenvalue weighted by atomic mass is 35.5. The second kappa shape index (κ2) is 7.93. The minimum atomic E-state index is -0.0772. The van der Waals surface area contributed by atoms with Crippen molar-refractivity contribution in [1.82, 2.24) is 19.6 Å². The maximum Gasteiger partial charge on any atom is 0.226 e. The lowest BCUT2D eigenvalue weighted by Gasteiger charge is -2.05. The SMILES string of the molecule is Cc1cc(C)n(CCC(=O)Nc2cnn(Cc3ccc(Cl)c(Cl)c3)c2)n1. The number of nitrogens with one attached hydrogen (secondary N) is 1.